The third-order valence-electron chi connectivity index (χ3n) is 3.97. The quantitative estimate of drug-likeness (QED) is 0.873. The molecule has 1 amide bonds. The molecule has 1 aliphatic heterocycles. The van der Waals surface area contributed by atoms with Crippen LogP contribution < -0.4 is 5.32 Å². The van der Waals surface area contributed by atoms with Gasteiger partial charge in [0.25, 0.3) is 0 Å². The number of fused-ring (bicyclic) bond motifs is 1. The van der Waals surface area contributed by atoms with E-state index in [-0.39, 0.29) is 12.3 Å². The van der Waals surface area contributed by atoms with Crippen molar-refractivity contribution in [3.63, 3.8) is 0 Å². The van der Waals surface area contributed by atoms with Crippen molar-refractivity contribution in [1.82, 2.24) is 5.32 Å². The van der Waals surface area contributed by atoms with E-state index in [1.807, 2.05) is 0 Å². The number of halogens is 2. The number of hydrogen-bond donors (Lipinski definition) is 1. The van der Waals surface area contributed by atoms with Gasteiger partial charge in [-0.3, -0.25) is 4.79 Å². The first-order valence-corrected chi connectivity index (χ1v) is 7.50. The number of carbonyl (C=O) groups excluding carboxylic acids is 2. The summed E-state index contributed by atoms with van der Waals surface area (Å²) in [5.41, 5.74) is 1.59. The van der Waals surface area contributed by atoms with E-state index in [2.05, 4.69) is 5.32 Å². The maximum Gasteiger partial charge on any atom is 0.339 e. The Morgan fingerprint density at radius 1 is 1.21 bits per heavy atom. The van der Waals surface area contributed by atoms with Crippen LogP contribution in [0, 0.1) is 11.6 Å². The van der Waals surface area contributed by atoms with E-state index >= 15 is 0 Å². The first-order valence-electron chi connectivity index (χ1n) is 7.50. The molecule has 0 unspecified atom stereocenters. The number of ether oxygens (including phenoxy) is 1. The second-order valence-electron chi connectivity index (χ2n) is 5.65. The molecule has 6 heteroatoms. The Balaban J connectivity index is 1.66. The molecule has 0 saturated carbocycles. The number of hydrogen-bond acceptors (Lipinski definition) is 3. The lowest BCUT2D eigenvalue weighted by Gasteiger charge is -2.16. The maximum atomic E-state index is 13.3. The highest BCUT2D eigenvalue weighted by molar-refractivity contribution is 5.94. The third kappa shape index (κ3) is 3.13. The van der Waals surface area contributed by atoms with Crippen molar-refractivity contribution >= 4 is 11.9 Å². The van der Waals surface area contributed by atoms with Crippen LogP contribution in [0.4, 0.5) is 8.78 Å². The van der Waals surface area contributed by atoms with Crippen molar-refractivity contribution in [2.45, 2.75) is 25.5 Å². The molecule has 0 spiro atoms. The molecule has 1 aliphatic rings. The molecule has 0 aliphatic carbocycles. The van der Waals surface area contributed by atoms with Crippen LogP contribution in [0.25, 0.3) is 0 Å². The summed E-state index contributed by atoms with van der Waals surface area (Å²) < 4.78 is 31.4. The average molecular weight is 331 g/mol. The number of rotatable bonds is 4. The number of amides is 1. The lowest BCUT2D eigenvalue weighted by molar-refractivity contribution is -0.123. The van der Waals surface area contributed by atoms with E-state index in [0.29, 0.717) is 16.7 Å². The standard InChI is InChI=1S/C18H15F2NO3/c1-10(11-6-7-14(19)15(20)8-11)21-17(22)9-16-12-4-2-3-5-13(12)18(23)24-16/h2-8,10,16H,9H2,1H3,(H,21,22)/t10-,16-/m1/s1. The van der Waals surface area contributed by atoms with E-state index in [1.165, 1.54) is 6.07 Å². The van der Waals surface area contributed by atoms with E-state index in [4.69, 9.17) is 4.74 Å². The second kappa shape index (κ2) is 6.39. The highest BCUT2D eigenvalue weighted by Crippen LogP contribution is 2.32. The molecule has 0 radical (unpaired) electrons. The van der Waals surface area contributed by atoms with Gasteiger partial charge in [0.15, 0.2) is 11.6 Å². The van der Waals surface area contributed by atoms with Gasteiger partial charge in [-0.25, -0.2) is 13.6 Å². The van der Waals surface area contributed by atoms with Crippen molar-refractivity contribution in [2.75, 3.05) is 0 Å². The van der Waals surface area contributed by atoms with Gasteiger partial charge in [-0.05, 0) is 30.7 Å². The molecular weight excluding hydrogens is 316 g/mol. The Labute approximate surface area is 137 Å². The normalized spacial score (nSPS) is 17.1. The number of esters is 1. The fraction of sp³-hybridized carbons (Fsp3) is 0.222. The summed E-state index contributed by atoms with van der Waals surface area (Å²) in [4.78, 5) is 23.9. The summed E-state index contributed by atoms with van der Waals surface area (Å²) in [6.45, 7) is 1.67. The summed E-state index contributed by atoms with van der Waals surface area (Å²) in [5, 5.41) is 2.70. The molecule has 2 atom stereocenters. The van der Waals surface area contributed by atoms with Gasteiger partial charge in [0.1, 0.15) is 6.10 Å². The fourth-order valence-electron chi connectivity index (χ4n) is 2.71. The number of cyclic esters (lactones) is 1. The van der Waals surface area contributed by atoms with Crippen LogP contribution in [0.15, 0.2) is 42.5 Å². The maximum absolute atomic E-state index is 13.3. The van der Waals surface area contributed by atoms with Crippen LogP contribution in [0.2, 0.25) is 0 Å². The molecule has 124 valence electrons. The second-order valence-corrected chi connectivity index (χ2v) is 5.65. The van der Waals surface area contributed by atoms with E-state index in [1.54, 1.807) is 31.2 Å². The number of benzene rings is 2. The molecule has 0 fully saturated rings. The topological polar surface area (TPSA) is 55.4 Å². The molecule has 2 aromatic rings. The molecule has 1 heterocycles. The smallest absolute Gasteiger partial charge is 0.339 e. The van der Waals surface area contributed by atoms with Crippen molar-refractivity contribution in [2.24, 2.45) is 0 Å². The SMILES string of the molecule is C[C@@H](NC(=O)C[C@H]1OC(=O)c2ccccc21)c1ccc(F)c(F)c1. The summed E-state index contributed by atoms with van der Waals surface area (Å²) in [5.74, 6) is -2.70. The van der Waals surface area contributed by atoms with E-state index in [0.717, 1.165) is 12.1 Å². The van der Waals surface area contributed by atoms with Crippen LogP contribution in [0.3, 0.4) is 0 Å². The van der Waals surface area contributed by atoms with Crippen LogP contribution in [-0.4, -0.2) is 11.9 Å². The molecule has 0 bridgehead atoms. The van der Waals surface area contributed by atoms with Gasteiger partial charge in [-0.15, -0.1) is 0 Å². The molecule has 0 saturated heterocycles. The predicted octanol–water partition coefficient (Wildman–Crippen LogP) is 3.44. The Morgan fingerprint density at radius 2 is 1.96 bits per heavy atom. The summed E-state index contributed by atoms with van der Waals surface area (Å²) >= 11 is 0. The zero-order valence-electron chi connectivity index (χ0n) is 12.9. The number of carbonyl (C=O) groups is 2. The molecular formula is C18H15F2NO3. The average Bonchev–Trinajstić information content (AvgIpc) is 2.86. The van der Waals surface area contributed by atoms with E-state index in [9.17, 15) is 18.4 Å². The van der Waals surface area contributed by atoms with Crippen LogP contribution in [0.1, 0.15) is 47.0 Å². The van der Waals surface area contributed by atoms with Gasteiger partial charge in [0.05, 0.1) is 18.0 Å². The molecule has 24 heavy (non-hydrogen) atoms. The zero-order chi connectivity index (χ0) is 17.3. The monoisotopic (exact) mass is 331 g/mol. The van der Waals surface area contributed by atoms with Gasteiger partial charge in [0.2, 0.25) is 5.91 Å². The Morgan fingerprint density at radius 3 is 2.71 bits per heavy atom. The van der Waals surface area contributed by atoms with Crippen LogP contribution >= 0.6 is 0 Å². The largest absolute Gasteiger partial charge is 0.453 e. The van der Waals surface area contributed by atoms with Gasteiger partial charge >= 0.3 is 5.97 Å². The molecule has 4 nitrogen and oxygen atoms in total. The van der Waals surface area contributed by atoms with Crippen LogP contribution in [-0.2, 0) is 9.53 Å². The third-order valence-corrected chi connectivity index (χ3v) is 3.97. The minimum Gasteiger partial charge on any atom is -0.453 e. The lowest BCUT2D eigenvalue weighted by atomic mass is 10.0. The molecule has 3 rings (SSSR count). The van der Waals surface area contributed by atoms with Crippen LogP contribution in [0.5, 0.6) is 0 Å². The minimum atomic E-state index is -0.966. The first kappa shape index (κ1) is 16.1. The van der Waals surface area contributed by atoms with Crippen molar-refractivity contribution < 1.29 is 23.1 Å². The zero-order valence-corrected chi connectivity index (χ0v) is 12.9. The Bertz CT molecular complexity index is 807. The minimum absolute atomic E-state index is 0.0310. The first-order chi connectivity index (χ1) is 11.5. The highest BCUT2D eigenvalue weighted by Gasteiger charge is 2.32. The summed E-state index contributed by atoms with van der Waals surface area (Å²) in [6, 6.07) is 9.88. The number of nitrogens with one attached hydrogen (secondary N) is 1. The fourth-order valence-corrected chi connectivity index (χ4v) is 2.71. The Hall–Kier alpha value is -2.76. The molecule has 0 aromatic heterocycles. The predicted molar refractivity (Wildman–Crippen MR) is 82.1 cm³/mol. The van der Waals surface area contributed by atoms with E-state index < -0.39 is 29.7 Å². The summed E-state index contributed by atoms with van der Waals surface area (Å²) in [6.07, 6.45) is -0.664. The Kier molecular flexibility index (Phi) is 4.29. The van der Waals surface area contributed by atoms with Crippen molar-refractivity contribution in [3.8, 4) is 0 Å². The van der Waals surface area contributed by atoms with Gasteiger partial charge in [-0.1, -0.05) is 24.3 Å². The van der Waals surface area contributed by atoms with Gasteiger partial charge in [-0.2, -0.15) is 0 Å². The lowest BCUT2D eigenvalue weighted by Crippen LogP contribution is -2.28. The molecule has 1 N–H and O–H groups in total. The highest BCUT2D eigenvalue weighted by atomic mass is 19.2. The van der Waals surface area contributed by atoms with Crippen molar-refractivity contribution in [3.05, 3.63) is 70.8 Å². The van der Waals surface area contributed by atoms with Gasteiger partial charge in [0, 0.05) is 5.56 Å². The van der Waals surface area contributed by atoms with Crippen molar-refractivity contribution in [1.29, 1.82) is 0 Å². The molecule has 2 aromatic carbocycles. The summed E-state index contributed by atoms with van der Waals surface area (Å²) in [7, 11) is 0. The van der Waals surface area contributed by atoms with Gasteiger partial charge < -0.3 is 10.1 Å².